The zero-order chi connectivity index (χ0) is 11.0. The molecule has 0 aliphatic rings. The molecule has 0 bridgehead atoms. The van der Waals surface area contributed by atoms with Crippen molar-refractivity contribution in [1.29, 1.82) is 0 Å². The fourth-order valence-corrected chi connectivity index (χ4v) is 1.76. The van der Waals surface area contributed by atoms with E-state index in [9.17, 15) is 0 Å². The van der Waals surface area contributed by atoms with Crippen LogP contribution >= 0.6 is 0 Å². The molecule has 2 heterocycles. The van der Waals surface area contributed by atoms with Crippen molar-refractivity contribution in [2.24, 2.45) is 0 Å². The van der Waals surface area contributed by atoms with Gasteiger partial charge in [-0.2, -0.15) is 5.10 Å². The van der Waals surface area contributed by atoms with E-state index in [1.165, 1.54) is 0 Å². The zero-order valence-electron chi connectivity index (χ0n) is 8.96. The van der Waals surface area contributed by atoms with Crippen LogP contribution in [0.4, 0.5) is 0 Å². The number of aromatic nitrogens is 3. The van der Waals surface area contributed by atoms with Gasteiger partial charge >= 0.3 is 0 Å². The maximum Gasteiger partial charge on any atom is 0.117 e. The van der Waals surface area contributed by atoms with Crippen molar-refractivity contribution in [2.45, 2.75) is 6.92 Å². The lowest BCUT2D eigenvalue weighted by molar-refractivity contribution is 0.913. The average molecular weight is 209 g/mol. The smallest absolute Gasteiger partial charge is 0.117 e. The normalized spacial score (nSPS) is 10.8. The number of hydrogen-bond acceptors (Lipinski definition) is 2. The van der Waals surface area contributed by atoms with Crippen molar-refractivity contribution in [1.82, 2.24) is 14.6 Å². The van der Waals surface area contributed by atoms with Crippen LogP contribution in [0.5, 0.6) is 0 Å². The lowest BCUT2D eigenvalue weighted by Gasteiger charge is -1.93. The fourth-order valence-electron chi connectivity index (χ4n) is 1.76. The first-order valence-electron chi connectivity index (χ1n) is 5.20. The highest BCUT2D eigenvalue weighted by atomic mass is 15.2. The largest absolute Gasteiger partial charge is 0.242 e. The second-order valence-corrected chi connectivity index (χ2v) is 3.80. The number of aryl methyl sites for hydroxylation is 1. The third-order valence-corrected chi connectivity index (χ3v) is 2.56. The Labute approximate surface area is 93.4 Å². The minimum absolute atomic E-state index is 0.980. The minimum atomic E-state index is 0.980. The Balaban J connectivity index is 2.19. The number of fused-ring (bicyclic) bond motifs is 1. The molecule has 16 heavy (non-hydrogen) atoms. The van der Waals surface area contributed by atoms with Gasteiger partial charge in [-0.1, -0.05) is 30.3 Å². The number of rotatable bonds is 1. The predicted molar refractivity (Wildman–Crippen MR) is 63.2 cm³/mol. The van der Waals surface area contributed by atoms with Crippen LogP contribution < -0.4 is 0 Å². The molecule has 3 heteroatoms. The van der Waals surface area contributed by atoms with Gasteiger partial charge in [0.1, 0.15) is 6.33 Å². The Morgan fingerprint density at radius 2 is 1.88 bits per heavy atom. The summed E-state index contributed by atoms with van der Waals surface area (Å²) in [4.78, 5) is 4.21. The zero-order valence-corrected chi connectivity index (χ0v) is 8.96. The van der Waals surface area contributed by atoms with Crippen LogP contribution in [0.3, 0.4) is 0 Å². The molecule has 0 saturated heterocycles. The molecule has 78 valence electrons. The van der Waals surface area contributed by atoms with Crippen molar-refractivity contribution in [3.8, 4) is 11.3 Å². The lowest BCUT2D eigenvalue weighted by Crippen LogP contribution is -1.90. The molecule has 0 aliphatic carbocycles. The van der Waals surface area contributed by atoms with Crippen LogP contribution in [-0.4, -0.2) is 14.6 Å². The van der Waals surface area contributed by atoms with Crippen molar-refractivity contribution < 1.29 is 0 Å². The molecule has 0 amide bonds. The summed E-state index contributed by atoms with van der Waals surface area (Å²) in [6.07, 6.45) is 1.75. The molecule has 0 radical (unpaired) electrons. The topological polar surface area (TPSA) is 30.2 Å². The molecule has 0 N–H and O–H groups in total. The number of nitrogens with zero attached hydrogens (tertiary/aromatic N) is 3. The third-order valence-electron chi connectivity index (χ3n) is 2.56. The van der Waals surface area contributed by atoms with E-state index in [1.54, 1.807) is 10.8 Å². The van der Waals surface area contributed by atoms with Gasteiger partial charge in [-0.05, 0) is 19.1 Å². The summed E-state index contributed by atoms with van der Waals surface area (Å²) >= 11 is 0. The molecule has 0 atom stereocenters. The molecule has 0 aliphatic heterocycles. The van der Waals surface area contributed by atoms with Gasteiger partial charge in [0, 0.05) is 11.3 Å². The van der Waals surface area contributed by atoms with Gasteiger partial charge in [-0.3, -0.25) is 0 Å². The Morgan fingerprint density at radius 1 is 1.06 bits per heavy atom. The van der Waals surface area contributed by atoms with E-state index in [1.807, 2.05) is 31.2 Å². The van der Waals surface area contributed by atoms with Gasteiger partial charge in [0.2, 0.25) is 0 Å². The first kappa shape index (κ1) is 9.09. The monoisotopic (exact) mass is 209 g/mol. The molecule has 0 unspecified atom stereocenters. The first-order chi connectivity index (χ1) is 7.83. The molecular weight excluding hydrogens is 198 g/mol. The Hall–Kier alpha value is -2.16. The summed E-state index contributed by atoms with van der Waals surface area (Å²) in [5.41, 5.74) is 4.19. The van der Waals surface area contributed by atoms with Crippen molar-refractivity contribution in [2.75, 3.05) is 0 Å². The van der Waals surface area contributed by atoms with Gasteiger partial charge in [-0.25, -0.2) is 9.50 Å². The highest BCUT2D eigenvalue weighted by molar-refractivity contribution is 5.65. The molecule has 3 aromatic rings. The SMILES string of the molecule is Cc1cc2cc(-c3ccccc3)nn2cn1. The van der Waals surface area contributed by atoms with Gasteiger partial charge in [0.15, 0.2) is 0 Å². The highest BCUT2D eigenvalue weighted by Gasteiger charge is 2.03. The predicted octanol–water partition coefficient (Wildman–Crippen LogP) is 2.70. The Morgan fingerprint density at radius 3 is 2.69 bits per heavy atom. The molecule has 2 aromatic heterocycles. The van der Waals surface area contributed by atoms with E-state index in [2.05, 4.69) is 28.3 Å². The van der Waals surface area contributed by atoms with Crippen LogP contribution in [0.1, 0.15) is 5.69 Å². The van der Waals surface area contributed by atoms with Gasteiger partial charge in [0.05, 0.1) is 11.2 Å². The summed E-state index contributed by atoms with van der Waals surface area (Å²) < 4.78 is 1.80. The summed E-state index contributed by atoms with van der Waals surface area (Å²) in [6.45, 7) is 1.98. The molecule has 0 saturated carbocycles. The molecule has 3 nitrogen and oxygen atoms in total. The highest BCUT2D eigenvalue weighted by Crippen LogP contribution is 2.18. The van der Waals surface area contributed by atoms with E-state index < -0.39 is 0 Å². The average Bonchev–Trinajstić information content (AvgIpc) is 2.73. The second kappa shape index (κ2) is 3.45. The molecule has 0 spiro atoms. The van der Waals surface area contributed by atoms with E-state index in [4.69, 9.17) is 0 Å². The summed E-state index contributed by atoms with van der Waals surface area (Å²) in [5, 5.41) is 4.48. The summed E-state index contributed by atoms with van der Waals surface area (Å²) in [6, 6.07) is 14.3. The van der Waals surface area contributed by atoms with E-state index in [0.29, 0.717) is 0 Å². The van der Waals surface area contributed by atoms with Gasteiger partial charge in [0.25, 0.3) is 0 Å². The van der Waals surface area contributed by atoms with Gasteiger partial charge in [-0.15, -0.1) is 0 Å². The lowest BCUT2D eigenvalue weighted by atomic mass is 10.1. The summed E-state index contributed by atoms with van der Waals surface area (Å²) in [5.74, 6) is 0. The maximum absolute atomic E-state index is 4.48. The third kappa shape index (κ3) is 1.46. The molecule has 3 rings (SSSR count). The van der Waals surface area contributed by atoms with Crippen molar-refractivity contribution >= 4 is 5.52 Å². The first-order valence-corrected chi connectivity index (χ1v) is 5.20. The number of hydrogen-bond donors (Lipinski definition) is 0. The van der Waals surface area contributed by atoms with Crippen LogP contribution in [-0.2, 0) is 0 Å². The molecular formula is C13H11N3. The van der Waals surface area contributed by atoms with Crippen molar-refractivity contribution in [3.63, 3.8) is 0 Å². The van der Waals surface area contributed by atoms with Crippen LogP contribution in [0.25, 0.3) is 16.8 Å². The maximum atomic E-state index is 4.48. The minimum Gasteiger partial charge on any atom is -0.242 e. The standard InChI is InChI=1S/C13H11N3/c1-10-7-12-8-13(15-16(12)9-14-10)11-5-3-2-4-6-11/h2-9H,1H3. The van der Waals surface area contributed by atoms with Crippen LogP contribution in [0, 0.1) is 6.92 Å². The second-order valence-electron chi connectivity index (χ2n) is 3.80. The van der Waals surface area contributed by atoms with Crippen LogP contribution in [0.2, 0.25) is 0 Å². The summed E-state index contributed by atoms with van der Waals surface area (Å²) in [7, 11) is 0. The van der Waals surface area contributed by atoms with E-state index >= 15 is 0 Å². The van der Waals surface area contributed by atoms with Crippen LogP contribution in [0.15, 0.2) is 48.8 Å². The van der Waals surface area contributed by atoms with E-state index in [-0.39, 0.29) is 0 Å². The van der Waals surface area contributed by atoms with Gasteiger partial charge < -0.3 is 0 Å². The Bertz CT molecular complexity index is 626. The van der Waals surface area contributed by atoms with Crippen molar-refractivity contribution in [3.05, 3.63) is 54.5 Å². The quantitative estimate of drug-likeness (QED) is 0.616. The molecule has 1 aromatic carbocycles. The fraction of sp³-hybridized carbons (Fsp3) is 0.0769. The molecule has 0 fully saturated rings. The number of benzene rings is 1. The van der Waals surface area contributed by atoms with E-state index in [0.717, 1.165) is 22.5 Å². The Kier molecular flexibility index (Phi) is 1.96.